The summed E-state index contributed by atoms with van der Waals surface area (Å²) in [7, 11) is -2.63. The molecule has 0 aliphatic rings. The molecule has 0 heterocycles. The van der Waals surface area contributed by atoms with Gasteiger partial charge >= 0.3 is 0 Å². The Morgan fingerprint density at radius 3 is 2.09 bits per heavy atom. The molecule has 0 saturated carbocycles. The molecule has 0 bridgehead atoms. The van der Waals surface area contributed by atoms with Crippen LogP contribution in [0, 0.1) is 0 Å². The summed E-state index contributed by atoms with van der Waals surface area (Å²) in [5.41, 5.74) is 0.0637. The number of para-hydroxylation sites is 1. The number of anilines is 1. The second kappa shape index (κ2) is 6.72. The lowest BCUT2D eigenvalue weighted by atomic mass is 10.3. The molecule has 2 aromatic carbocycles. The molecule has 0 amide bonds. The summed E-state index contributed by atoms with van der Waals surface area (Å²) in [6, 6.07) is 7.29. The van der Waals surface area contributed by atoms with Gasteiger partial charge in [0, 0.05) is 0 Å². The standard InChI is InChI=1S/C13H9Cl4NO3S/c1-21-9-5-6-10(12(17)11(9)16)22(19,20)18-13-7(14)3-2-4-8(13)15/h2-6,18H,1H3. The first-order chi connectivity index (χ1) is 10.3. The quantitative estimate of drug-likeness (QED) is 0.775. The van der Waals surface area contributed by atoms with Gasteiger partial charge in [0.25, 0.3) is 10.0 Å². The molecule has 0 atom stereocenters. The zero-order valence-corrected chi connectivity index (χ0v) is 14.9. The number of nitrogens with one attached hydrogen (secondary N) is 1. The summed E-state index contributed by atoms with van der Waals surface area (Å²) in [5.74, 6) is 0.265. The number of halogens is 4. The molecule has 118 valence electrons. The van der Waals surface area contributed by atoms with Crippen LogP contribution in [0.1, 0.15) is 0 Å². The third-order valence-corrected chi connectivity index (χ3v) is 5.72. The normalized spacial score (nSPS) is 11.3. The number of ether oxygens (including phenoxy) is 1. The summed E-state index contributed by atoms with van der Waals surface area (Å²) < 4.78 is 32.2. The highest BCUT2D eigenvalue weighted by Crippen LogP contribution is 2.38. The first kappa shape index (κ1) is 17.5. The van der Waals surface area contributed by atoms with Crippen LogP contribution in [-0.4, -0.2) is 15.5 Å². The fourth-order valence-corrected chi connectivity index (χ4v) is 4.21. The molecule has 0 aliphatic heterocycles. The van der Waals surface area contributed by atoms with E-state index < -0.39 is 10.0 Å². The van der Waals surface area contributed by atoms with Crippen LogP contribution in [0.5, 0.6) is 5.75 Å². The molecule has 2 aromatic rings. The van der Waals surface area contributed by atoms with Crippen molar-refractivity contribution in [3.05, 3.63) is 50.4 Å². The van der Waals surface area contributed by atoms with Gasteiger partial charge in [0.1, 0.15) is 15.7 Å². The van der Waals surface area contributed by atoms with Crippen LogP contribution in [0.25, 0.3) is 0 Å². The molecular weight excluding hydrogens is 392 g/mol. The van der Waals surface area contributed by atoms with E-state index in [4.69, 9.17) is 51.1 Å². The highest BCUT2D eigenvalue weighted by Gasteiger charge is 2.23. The van der Waals surface area contributed by atoms with E-state index in [1.807, 2.05) is 0 Å². The summed E-state index contributed by atoms with van der Waals surface area (Å²) in [6.07, 6.45) is 0. The van der Waals surface area contributed by atoms with Gasteiger partial charge < -0.3 is 4.74 Å². The molecule has 0 unspecified atom stereocenters. The van der Waals surface area contributed by atoms with Crippen LogP contribution in [0.4, 0.5) is 5.69 Å². The van der Waals surface area contributed by atoms with E-state index in [2.05, 4.69) is 4.72 Å². The summed E-state index contributed by atoms with van der Waals surface area (Å²) in [4.78, 5) is -0.212. The van der Waals surface area contributed by atoms with Crippen molar-refractivity contribution >= 4 is 62.1 Å². The highest BCUT2D eigenvalue weighted by atomic mass is 35.5. The second-order valence-corrected chi connectivity index (χ2v) is 7.32. The molecule has 2 rings (SSSR count). The predicted molar refractivity (Wildman–Crippen MR) is 90.3 cm³/mol. The van der Waals surface area contributed by atoms with Gasteiger partial charge in [-0.05, 0) is 24.3 Å². The molecule has 4 nitrogen and oxygen atoms in total. The van der Waals surface area contributed by atoms with Crippen LogP contribution < -0.4 is 9.46 Å². The number of rotatable bonds is 4. The molecule has 0 spiro atoms. The Morgan fingerprint density at radius 1 is 0.955 bits per heavy atom. The number of benzene rings is 2. The monoisotopic (exact) mass is 399 g/mol. The van der Waals surface area contributed by atoms with E-state index >= 15 is 0 Å². The molecular formula is C13H9Cl4NO3S. The Hall–Kier alpha value is -0.850. The van der Waals surface area contributed by atoms with E-state index in [-0.39, 0.29) is 36.4 Å². The minimum absolute atomic E-state index is 0.00250. The SMILES string of the molecule is COc1ccc(S(=O)(=O)Nc2c(Cl)cccc2Cl)c(Cl)c1Cl. The number of sulfonamides is 1. The van der Waals surface area contributed by atoms with E-state index in [1.54, 1.807) is 6.07 Å². The molecule has 9 heteroatoms. The van der Waals surface area contributed by atoms with E-state index in [0.717, 1.165) is 0 Å². The zero-order valence-electron chi connectivity index (χ0n) is 11.0. The lowest BCUT2D eigenvalue weighted by Gasteiger charge is -2.13. The van der Waals surface area contributed by atoms with Crippen molar-refractivity contribution in [1.82, 2.24) is 0 Å². The van der Waals surface area contributed by atoms with Crippen molar-refractivity contribution in [1.29, 1.82) is 0 Å². The molecule has 0 saturated heterocycles. The van der Waals surface area contributed by atoms with E-state index in [9.17, 15) is 8.42 Å². The largest absolute Gasteiger partial charge is 0.495 e. The smallest absolute Gasteiger partial charge is 0.263 e. The first-order valence-corrected chi connectivity index (χ1v) is 8.76. The lowest BCUT2D eigenvalue weighted by Crippen LogP contribution is -2.14. The number of methoxy groups -OCH3 is 1. The molecule has 0 aliphatic carbocycles. The van der Waals surface area contributed by atoms with Gasteiger partial charge in [-0.2, -0.15) is 0 Å². The van der Waals surface area contributed by atoms with Gasteiger partial charge in [0.2, 0.25) is 0 Å². The molecule has 1 N–H and O–H groups in total. The fourth-order valence-electron chi connectivity index (χ4n) is 1.66. The van der Waals surface area contributed by atoms with Crippen molar-refractivity contribution in [3.8, 4) is 5.75 Å². The first-order valence-electron chi connectivity index (χ1n) is 5.76. The minimum Gasteiger partial charge on any atom is -0.495 e. The van der Waals surface area contributed by atoms with Gasteiger partial charge in [-0.25, -0.2) is 8.42 Å². The molecule has 0 aromatic heterocycles. The third kappa shape index (κ3) is 3.39. The summed E-state index contributed by atoms with van der Waals surface area (Å²) >= 11 is 23.9. The van der Waals surface area contributed by atoms with Gasteiger partial charge in [-0.1, -0.05) is 52.5 Å². The van der Waals surface area contributed by atoms with E-state index in [1.165, 1.54) is 31.4 Å². The van der Waals surface area contributed by atoms with Crippen molar-refractivity contribution in [3.63, 3.8) is 0 Å². The van der Waals surface area contributed by atoms with Gasteiger partial charge in [-0.15, -0.1) is 0 Å². The van der Waals surface area contributed by atoms with Crippen molar-refractivity contribution in [2.24, 2.45) is 0 Å². The van der Waals surface area contributed by atoms with Crippen LogP contribution in [0.3, 0.4) is 0 Å². The Labute approximate surface area is 147 Å². The topological polar surface area (TPSA) is 55.4 Å². The summed E-state index contributed by atoms with van der Waals surface area (Å²) in [6.45, 7) is 0. The average molecular weight is 401 g/mol. The van der Waals surface area contributed by atoms with Crippen LogP contribution in [-0.2, 0) is 10.0 Å². The number of hydrogen-bond donors (Lipinski definition) is 1. The van der Waals surface area contributed by atoms with Crippen LogP contribution >= 0.6 is 46.4 Å². The third-order valence-electron chi connectivity index (χ3n) is 2.72. The maximum atomic E-state index is 12.5. The fraction of sp³-hybridized carbons (Fsp3) is 0.0769. The average Bonchev–Trinajstić information content (AvgIpc) is 2.45. The second-order valence-electron chi connectivity index (χ2n) is 4.10. The molecule has 0 radical (unpaired) electrons. The summed E-state index contributed by atoms with van der Waals surface area (Å²) in [5, 5.41) is 0.160. The van der Waals surface area contributed by atoms with Crippen LogP contribution in [0.15, 0.2) is 35.2 Å². The zero-order chi connectivity index (χ0) is 16.5. The van der Waals surface area contributed by atoms with Crippen molar-refractivity contribution in [2.45, 2.75) is 4.90 Å². The van der Waals surface area contributed by atoms with Gasteiger partial charge in [0.05, 0.1) is 27.9 Å². The molecule has 0 fully saturated rings. The Morgan fingerprint density at radius 2 is 1.55 bits per heavy atom. The van der Waals surface area contributed by atoms with Gasteiger partial charge in [-0.3, -0.25) is 4.72 Å². The van der Waals surface area contributed by atoms with Gasteiger partial charge in [0.15, 0.2) is 0 Å². The maximum absolute atomic E-state index is 12.5. The Kier molecular flexibility index (Phi) is 5.35. The lowest BCUT2D eigenvalue weighted by molar-refractivity contribution is 0.414. The predicted octanol–water partition coefficient (Wildman–Crippen LogP) is 5.11. The van der Waals surface area contributed by atoms with E-state index in [0.29, 0.717) is 0 Å². The number of hydrogen-bond acceptors (Lipinski definition) is 3. The Bertz CT molecular complexity index is 804. The maximum Gasteiger partial charge on any atom is 0.263 e. The molecule has 22 heavy (non-hydrogen) atoms. The highest BCUT2D eigenvalue weighted by molar-refractivity contribution is 7.92. The van der Waals surface area contributed by atoms with Crippen LogP contribution in [0.2, 0.25) is 20.1 Å². The minimum atomic E-state index is -4.03. The Balaban J connectivity index is 2.50. The van der Waals surface area contributed by atoms with Crippen molar-refractivity contribution < 1.29 is 13.2 Å². The van der Waals surface area contributed by atoms with Crippen molar-refractivity contribution in [2.75, 3.05) is 11.8 Å².